The van der Waals surface area contributed by atoms with Crippen molar-refractivity contribution in [1.29, 1.82) is 0 Å². The third-order valence-electron chi connectivity index (χ3n) is 2.45. The second-order valence-electron chi connectivity index (χ2n) is 3.50. The lowest BCUT2D eigenvalue weighted by Gasteiger charge is -2.23. The Morgan fingerprint density at radius 1 is 1.56 bits per heavy atom. The number of rotatable bonds is 2. The van der Waals surface area contributed by atoms with Gasteiger partial charge in [-0.05, 0) is 17.7 Å². The highest BCUT2D eigenvalue weighted by molar-refractivity contribution is 5.77. The van der Waals surface area contributed by atoms with E-state index in [1.54, 1.807) is 12.1 Å². The van der Waals surface area contributed by atoms with E-state index in [0.717, 1.165) is 0 Å². The molecule has 86 valence electrons. The van der Waals surface area contributed by atoms with Crippen LogP contribution in [0.25, 0.3) is 0 Å². The zero-order valence-corrected chi connectivity index (χ0v) is 8.83. The highest BCUT2D eigenvalue weighted by atomic mass is 19.1. The van der Waals surface area contributed by atoms with Crippen LogP contribution in [0.15, 0.2) is 18.2 Å². The fraction of sp³-hybridized carbons (Fsp3) is 0.364. The summed E-state index contributed by atoms with van der Waals surface area (Å²) in [5, 5.41) is 2.66. The van der Waals surface area contributed by atoms with Gasteiger partial charge < -0.3 is 14.8 Å². The zero-order valence-electron chi connectivity index (χ0n) is 8.83. The van der Waals surface area contributed by atoms with Crippen molar-refractivity contribution < 1.29 is 18.7 Å². The standard InChI is InChI=1S/C11H12FNO3/c1-15-9-3-2-7(4-8(9)12)10-5-13-11(14)6-16-10/h2-4,10H,5-6H2,1H3,(H,13,14)/t10-/m1/s1. The third-order valence-corrected chi connectivity index (χ3v) is 2.45. The summed E-state index contributed by atoms with van der Waals surface area (Å²) >= 11 is 0. The molecule has 16 heavy (non-hydrogen) atoms. The minimum atomic E-state index is -0.430. The summed E-state index contributed by atoms with van der Waals surface area (Å²) < 4.78 is 23.5. The van der Waals surface area contributed by atoms with Crippen LogP contribution in [0.3, 0.4) is 0 Å². The van der Waals surface area contributed by atoms with Crippen molar-refractivity contribution in [2.24, 2.45) is 0 Å². The number of carbonyl (C=O) groups excluding carboxylic acids is 1. The third kappa shape index (κ3) is 2.14. The lowest BCUT2D eigenvalue weighted by atomic mass is 10.1. The molecule has 4 nitrogen and oxygen atoms in total. The Kier molecular flexibility index (Phi) is 3.05. The maximum absolute atomic E-state index is 13.4. The van der Waals surface area contributed by atoms with Gasteiger partial charge in [-0.25, -0.2) is 4.39 Å². The minimum Gasteiger partial charge on any atom is -0.494 e. The largest absolute Gasteiger partial charge is 0.494 e. The Morgan fingerprint density at radius 3 is 2.94 bits per heavy atom. The number of ether oxygens (including phenoxy) is 2. The van der Waals surface area contributed by atoms with Crippen molar-refractivity contribution >= 4 is 5.91 Å². The molecular weight excluding hydrogens is 213 g/mol. The fourth-order valence-electron chi connectivity index (χ4n) is 1.59. The molecule has 1 heterocycles. The molecule has 1 aliphatic heterocycles. The summed E-state index contributed by atoms with van der Waals surface area (Å²) in [5.74, 6) is -0.380. The number of benzene rings is 1. The van der Waals surface area contributed by atoms with Crippen LogP contribution in [0, 0.1) is 5.82 Å². The summed E-state index contributed by atoms with van der Waals surface area (Å²) in [4.78, 5) is 10.9. The molecule has 0 unspecified atom stereocenters. The summed E-state index contributed by atoms with van der Waals surface area (Å²) in [5.41, 5.74) is 0.693. The molecule has 1 N–H and O–H groups in total. The minimum absolute atomic E-state index is 0.0122. The van der Waals surface area contributed by atoms with Crippen molar-refractivity contribution in [2.45, 2.75) is 6.10 Å². The maximum atomic E-state index is 13.4. The molecule has 1 atom stereocenters. The van der Waals surface area contributed by atoms with Crippen LogP contribution in [0.1, 0.15) is 11.7 Å². The highest BCUT2D eigenvalue weighted by Gasteiger charge is 2.20. The molecule has 0 saturated carbocycles. The first-order valence-electron chi connectivity index (χ1n) is 4.92. The quantitative estimate of drug-likeness (QED) is 0.817. The zero-order chi connectivity index (χ0) is 11.5. The number of hydrogen-bond acceptors (Lipinski definition) is 3. The first-order chi connectivity index (χ1) is 7.70. The smallest absolute Gasteiger partial charge is 0.246 e. The van der Waals surface area contributed by atoms with E-state index in [-0.39, 0.29) is 24.4 Å². The Morgan fingerprint density at radius 2 is 2.38 bits per heavy atom. The lowest BCUT2D eigenvalue weighted by molar-refractivity contribution is -0.133. The van der Waals surface area contributed by atoms with Gasteiger partial charge in [-0.15, -0.1) is 0 Å². The van der Waals surface area contributed by atoms with Gasteiger partial charge in [0.05, 0.1) is 7.11 Å². The van der Waals surface area contributed by atoms with Crippen molar-refractivity contribution in [3.8, 4) is 5.75 Å². The molecule has 1 amide bonds. The molecule has 1 aliphatic rings. The van der Waals surface area contributed by atoms with Crippen LogP contribution in [-0.2, 0) is 9.53 Å². The van der Waals surface area contributed by atoms with E-state index in [2.05, 4.69) is 5.32 Å². The monoisotopic (exact) mass is 225 g/mol. The number of nitrogens with one attached hydrogen (secondary N) is 1. The fourth-order valence-corrected chi connectivity index (χ4v) is 1.59. The highest BCUT2D eigenvalue weighted by Crippen LogP contribution is 2.24. The molecule has 1 aromatic rings. The molecule has 1 aromatic carbocycles. The van der Waals surface area contributed by atoms with Gasteiger partial charge in [0.1, 0.15) is 12.7 Å². The van der Waals surface area contributed by atoms with Crippen molar-refractivity contribution in [2.75, 3.05) is 20.3 Å². The van der Waals surface area contributed by atoms with E-state index in [0.29, 0.717) is 12.1 Å². The number of morpholine rings is 1. The van der Waals surface area contributed by atoms with Gasteiger partial charge in [0.15, 0.2) is 11.6 Å². The van der Waals surface area contributed by atoms with E-state index < -0.39 is 5.82 Å². The predicted molar refractivity (Wildman–Crippen MR) is 54.7 cm³/mol. The van der Waals surface area contributed by atoms with Crippen molar-refractivity contribution in [3.05, 3.63) is 29.6 Å². The molecule has 0 aliphatic carbocycles. The van der Waals surface area contributed by atoms with Gasteiger partial charge in [-0.2, -0.15) is 0 Å². The summed E-state index contributed by atoms with van der Waals surface area (Å²) in [6, 6.07) is 4.63. The van der Waals surface area contributed by atoms with E-state index in [4.69, 9.17) is 9.47 Å². The number of halogens is 1. The van der Waals surface area contributed by atoms with E-state index in [9.17, 15) is 9.18 Å². The average molecular weight is 225 g/mol. The van der Waals surface area contributed by atoms with Gasteiger partial charge in [-0.3, -0.25) is 4.79 Å². The Hall–Kier alpha value is -1.62. The number of methoxy groups -OCH3 is 1. The Bertz CT molecular complexity index is 398. The maximum Gasteiger partial charge on any atom is 0.246 e. The van der Waals surface area contributed by atoms with Crippen LogP contribution < -0.4 is 10.1 Å². The van der Waals surface area contributed by atoms with E-state index in [1.165, 1.54) is 13.2 Å². The average Bonchev–Trinajstić information content (AvgIpc) is 2.30. The molecule has 0 radical (unpaired) electrons. The van der Waals surface area contributed by atoms with Crippen LogP contribution in [0.2, 0.25) is 0 Å². The second kappa shape index (κ2) is 4.49. The molecular formula is C11H12FNO3. The van der Waals surface area contributed by atoms with Crippen LogP contribution in [0.4, 0.5) is 4.39 Å². The number of amides is 1. The van der Waals surface area contributed by atoms with Gasteiger partial charge >= 0.3 is 0 Å². The van der Waals surface area contributed by atoms with Gasteiger partial charge in [0.2, 0.25) is 5.91 Å². The molecule has 2 rings (SSSR count). The van der Waals surface area contributed by atoms with E-state index >= 15 is 0 Å². The van der Waals surface area contributed by atoms with Crippen LogP contribution in [0.5, 0.6) is 5.75 Å². The first kappa shape index (κ1) is 10.9. The first-order valence-corrected chi connectivity index (χ1v) is 4.92. The summed E-state index contributed by atoms with van der Waals surface area (Å²) in [6.07, 6.45) is -0.293. The molecule has 0 aromatic heterocycles. The normalized spacial score (nSPS) is 20.4. The lowest BCUT2D eigenvalue weighted by Crippen LogP contribution is -2.38. The molecule has 0 bridgehead atoms. The second-order valence-corrected chi connectivity index (χ2v) is 3.50. The van der Waals surface area contributed by atoms with Crippen LogP contribution in [-0.4, -0.2) is 26.2 Å². The van der Waals surface area contributed by atoms with Crippen molar-refractivity contribution in [1.82, 2.24) is 5.32 Å². The predicted octanol–water partition coefficient (Wildman–Crippen LogP) is 1.02. The Balaban J connectivity index is 2.15. The SMILES string of the molecule is COc1ccc([C@H]2CNC(=O)CO2)cc1F. The topological polar surface area (TPSA) is 47.6 Å². The van der Waals surface area contributed by atoms with Gasteiger partial charge in [-0.1, -0.05) is 6.07 Å². The molecule has 5 heteroatoms. The molecule has 1 saturated heterocycles. The summed E-state index contributed by atoms with van der Waals surface area (Å²) in [6.45, 7) is 0.378. The summed E-state index contributed by atoms with van der Waals surface area (Å²) in [7, 11) is 1.41. The van der Waals surface area contributed by atoms with Crippen LogP contribution >= 0.6 is 0 Å². The van der Waals surface area contributed by atoms with Gasteiger partial charge in [0.25, 0.3) is 0 Å². The Labute approximate surface area is 92.4 Å². The molecule has 0 spiro atoms. The van der Waals surface area contributed by atoms with Crippen molar-refractivity contribution in [3.63, 3.8) is 0 Å². The van der Waals surface area contributed by atoms with E-state index in [1.807, 2.05) is 0 Å². The number of hydrogen-bond donors (Lipinski definition) is 1. The number of carbonyl (C=O) groups is 1. The van der Waals surface area contributed by atoms with Gasteiger partial charge in [0, 0.05) is 6.54 Å². The molecule has 1 fully saturated rings.